The van der Waals surface area contributed by atoms with Crippen LogP contribution in [0.3, 0.4) is 0 Å². The Bertz CT molecular complexity index is 264. The molecule has 0 spiro atoms. The maximum atomic E-state index is 5.02. The summed E-state index contributed by atoms with van der Waals surface area (Å²) >= 11 is 0. The van der Waals surface area contributed by atoms with E-state index in [0.29, 0.717) is 6.04 Å². The van der Waals surface area contributed by atoms with Gasteiger partial charge in [0.1, 0.15) is 0 Å². The molecule has 16 heavy (non-hydrogen) atoms. The lowest BCUT2D eigenvalue weighted by Gasteiger charge is -2.12. The van der Waals surface area contributed by atoms with Crippen molar-refractivity contribution < 1.29 is 4.74 Å². The van der Waals surface area contributed by atoms with Gasteiger partial charge in [0.15, 0.2) is 0 Å². The zero-order valence-corrected chi connectivity index (χ0v) is 11.1. The van der Waals surface area contributed by atoms with E-state index < -0.39 is 0 Å². The number of rotatable bonds is 8. The quantitative estimate of drug-likeness (QED) is 0.638. The fourth-order valence-corrected chi connectivity index (χ4v) is 1.19. The van der Waals surface area contributed by atoms with Gasteiger partial charge in [0.25, 0.3) is 0 Å². The van der Waals surface area contributed by atoms with Crippen LogP contribution in [0.5, 0.6) is 0 Å². The topological polar surface area (TPSA) is 21.3 Å². The van der Waals surface area contributed by atoms with Crippen LogP contribution < -0.4 is 5.32 Å². The molecule has 0 amide bonds. The van der Waals surface area contributed by atoms with E-state index in [2.05, 4.69) is 38.4 Å². The molecule has 2 heteroatoms. The predicted octanol–water partition coefficient (Wildman–Crippen LogP) is 3.08. The van der Waals surface area contributed by atoms with Crippen molar-refractivity contribution in [3.63, 3.8) is 0 Å². The Morgan fingerprint density at radius 3 is 2.44 bits per heavy atom. The fraction of sp³-hybridized carbons (Fsp3) is 0.571. The monoisotopic (exact) mass is 223 g/mol. The van der Waals surface area contributed by atoms with Gasteiger partial charge < -0.3 is 10.1 Å². The number of ether oxygens (including phenoxy) is 1. The van der Waals surface area contributed by atoms with Crippen molar-refractivity contribution in [3.05, 3.63) is 36.0 Å². The Morgan fingerprint density at radius 2 is 2.00 bits per heavy atom. The molecule has 0 saturated carbocycles. The number of allylic oxidation sites excluding steroid dienone is 1. The van der Waals surface area contributed by atoms with Gasteiger partial charge in [-0.2, -0.15) is 0 Å². The van der Waals surface area contributed by atoms with Crippen molar-refractivity contribution in [2.75, 3.05) is 20.3 Å². The van der Waals surface area contributed by atoms with E-state index in [4.69, 9.17) is 4.74 Å². The van der Waals surface area contributed by atoms with Gasteiger partial charge in [0.05, 0.1) is 6.61 Å². The van der Waals surface area contributed by atoms with Gasteiger partial charge in [-0.15, -0.1) is 0 Å². The normalized spacial score (nSPS) is 11.9. The van der Waals surface area contributed by atoms with E-state index in [1.807, 2.05) is 6.92 Å². The molecule has 0 aliphatic heterocycles. The van der Waals surface area contributed by atoms with Gasteiger partial charge in [0.2, 0.25) is 0 Å². The van der Waals surface area contributed by atoms with Gasteiger partial charge in [-0.05, 0) is 18.9 Å². The van der Waals surface area contributed by atoms with Crippen molar-refractivity contribution in [3.8, 4) is 0 Å². The van der Waals surface area contributed by atoms with Gasteiger partial charge in [-0.25, -0.2) is 0 Å². The first-order valence-electron chi connectivity index (χ1n) is 5.74. The summed E-state index contributed by atoms with van der Waals surface area (Å²) in [4.78, 5) is 0. The minimum Gasteiger partial charge on any atom is -0.384 e. The molecule has 0 radical (unpaired) electrons. The van der Waals surface area contributed by atoms with Crippen LogP contribution in [0.25, 0.3) is 0 Å². The van der Waals surface area contributed by atoms with Crippen LogP contribution in [-0.4, -0.2) is 26.3 Å². The third-order valence-electron chi connectivity index (χ3n) is 2.25. The van der Waals surface area contributed by atoms with E-state index in [1.54, 1.807) is 7.11 Å². The molecule has 0 rings (SSSR count). The summed E-state index contributed by atoms with van der Waals surface area (Å²) in [7, 11) is 1.71. The molecule has 0 atom stereocenters. The summed E-state index contributed by atoms with van der Waals surface area (Å²) in [6, 6.07) is 0.481. The van der Waals surface area contributed by atoms with Gasteiger partial charge in [0, 0.05) is 19.7 Å². The maximum absolute atomic E-state index is 5.02. The summed E-state index contributed by atoms with van der Waals surface area (Å²) in [5.41, 5.74) is 3.40. The zero-order valence-electron chi connectivity index (χ0n) is 11.1. The first-order chi connectivity index (χ1) is 7.47. The average Bonchev–Trinajstić information content (AvgIpc) is 2.20. The van der Waals surface area contributed by atoms with E-state index in [9.17, 15) is 0 Å². The Balaban J connectivity index is 4.34. The largest absolute Gasteiger partial charge is 0.384 e. The molecule has 0 fully saturated rings. The van der Waals surface area contributed by atoms with Crippen LogP contribution in [0, 0.1) is 0 Å². The summed E-state index contributed by atoms with van der Waals surface area (Å²) in [6.07, 6.45) is 2.98. The molecular formula is C14H25NO. The highest BCUT2D eigenvalue weighted by atomic mass is 16.5. The third-order valence-corrected chi connectivity index (χ3v) is 2.25. The summed E-state index contributed by atoms with van der Waals surface area (Å²) in [5, 5.41) is 3.39. The maximum Gasteiger partial charge on any atom is 0.0502 e. The first-order valence-corrected chi connectivity index (χ1v) is 5.74. The van der Waals surface area contributed by atoms with Gasteiger partial charge in [-0.3, -0.25) is 0 Å². The van der Waals surface area contributed by atoms with Crippen LogP contribution in [0.15, 0.2) is 36.0 Å². The molecule has 0 aromatic heterocycles. The lowest BCUT2D eigenvalue weighted by Crippen LogP contribution is -2.25. The van der Waals surface area contributed by atoms with E-state index >= 15 is 0 Å². The lowest BCUT2D eigenvalue weighted by atomic mass is 10.0. The van der Waals surface area contributed by atoms with Crippen molar-refractivity contribution in [2.24, 2.45) is 0 Å². The Kier molecular flexibility index (Phi) is 7.86. The van der Waals surface area contributed by atoms with Crippen LogP contribution in [0.2, 0.25) is 0 Å². The second kappa shape index (κ2) is 8.31. The van der Waals surface area contributed by atoms with Crippen molar-refractivity contribution in [1.29, 1.82) is 0 Å². The van der Waals surface area contributed by atoms with Gasteiger partial charge >= 0.3 is 0 Å². The highest BCUT2D eigenvalue weighted by Gasteiger charge is 2.01. The Labute approximate surface area is 100 Å². The van der Waals surface area contributed by atoms with Crippen LogP contribution >= 0.6 is 0 Å². The van der Waals surface area contributed by atoms with E-state index in [0.717, 1.165) is 30.7 Å². The average molecular weight is 223 g/mol. The molecule has 1 N–H and O–H groups in total. The number of nitrogens with one attached hydrogen (secondary N) is 1. The Hall–Kier alpha value is -0.860. The summed E-state index contributed by atoms with van der Waals surface area (Å²) < 4.78 is 5.02. The molecule has 0 aliphatic carbocycles. The van der Waals surface area contributed by atoms with Crippen molar-refractivity contribution in [1.82, 2.24) is 5.32 Å². The summed E-state index contributed by atoms with van der Waals surface area (Å²) in [6.45, 7) is 15.9. The molecule has 0 unspecified atom stereocenters. The standard InChI is InChI=1S/C14H25NO/c1-11(2)14(10-15-12(3)4)9-13(5)7-8-16-6/h9,12,15H,1,5,7-8,10H2,2-4,6H3/b14-9-. The number of hydrogen-bond acceptors (Lipinski definition) is 2. The lowest BCUT2D eigenvalue weighted by molar-refractivity contribution is 0.203. The highest BCUT2D eigenvalue weighted by molar-refractivity contribution is 5.34. The second-order valence-electron chi connectivity index (χ2n) is 4.39. The molecular weight excluding hydrogens is 198 g/mol. The first kappa shape index (κ1) is 15.1. The minimum atomic E-state index is 0.481. The molecule has 92 valence electrons. The smallest absolute Gasteiger partial charge is 0.0502 e. The Morgan fingerprint density at radius 1 is 1.38 bits per heavy atom. The SMILES string of the molecule is C=C(/C=C(/CNC(C)C)C(=C)C)CCOC. The van der Waals surface area contributed by atoms with Crippen LogP contribution in [0.1, 0.15) is 27.2 Å². The molecule has 0 aliphatic rings. The van der Waals surface area contributed by atoms with Crippen molar-refractivity contribution in [2.45, 2.75) is 33.2 Å². The highest BCUT2D eigenvalue weighted by Crippen LogP contribution is 2.11. The fourth-order valence-electron chi connectivity index (χ4n) is 1.19. The summed E-state index contributed by atoms with van der Waals surface area (Å²) in [5.74, 6) is 0. The molecule has 0 saturated heterocycles. The van der Waals surface area contributed by atoms with Crippen LogP contribution in [-0.2, 0) is 4.74 Å². The van der Waals surface area contributed by atoms with Gasteiger partial charge in [-0.1, -0.05) is 44.2 Å². The molecule has 0 bridgehead atoms. The van der Waals surface area contributed by atoms with E-state index in [-0.39, 0.29) is 0 Å². The predicted molar refractivity (Wildman–Crippen MR) is 71.7 cm³/mol. The molecule has 0 aromatic carbocycles. The number of hydrogen-bond donors (Lipinski definition) is 1. The van der Waals surface area contributed by atoms with Crippen molar-refractivity contribution >= 4 is 0 Å². The van der Waals surface area contributed by atoms with Crippen LogP contribution in [0.4, 0.5) is 0 Å². The third kappa shape index (κ3) is 7.43. The molecule has 0 aromatic rings. The number of methoxy groups -OCH3 is 1. The second-order valence-corrected chi connectivity index (χ2v) is 4.39. The van der Waals surface area contributed by atoms with E-state index in [1.165, 1.54) is 5.57 Å². The molecule has 2 nitrogen and oxygen atoms in total. The minimum absolute atomic E-state index is 0.481. The molecule has 0 heterocycles. The zero-order chi connectivity index (χ0) is 12.6.